The van der Waals surface area contributed by atoms with Gasteiger partial charge in [-0.3, -0.25) is 4.79 Å². The molecule has 0 aliphatic carbocycles. The first-order valence-corrected chi connectivity index (χ1v) is 6.75. The number of imidazole rings is 1. The summed E-state index contributed by atoms with van der Waals surface area (Å²) in [6, 6.07) is 0.296. The summed E-state index contributed by atoms with van der Waals surface area (Å²) in [5, 5.41) is 3.22. The third-order valence-corrected chi connectivity index (χ3v) is 3.67. The van der Waals surface area contributed by atoms with Gasteiger partial charge in [0.05, 0.1) is 0 Å². The van der Waals surface area contributed by atoms with Crippen molar-refractivity contribution in [2.24, 2.45) is 0 Å². The van der Waals surface area contributed by atoms with Crippen LogP contribution in [0.3, 0.4) is 0 Å². The maximum Gasteiger partial charge on any atom is 0.274 e. The Kier molecular flexibility index (Phi) is 3.89. The van der Waals surface area contributed by atoms with Crippen molar-refractivity contribution in [3.05, 3.63) is 11.9 Å². The minimum Gasteiger partial charge on any atom is -0.356 e. The van der Waals surface area contributed by atoms with Gasteiger partial charge < -0.3 is 14.8 Å². The molecule has 1 amide bonds. The molecule has 5 nitrogen and oxygen atoms in total. The maximum atomic E-state index is 12.3. The Morgan fingerprint density at radius 2 is 2.28 bits per heavy atom. The fourth-order valence-electron chi connectivity index (χ4n) is 2.46. The van der Waals surface area contributed by atoms with Gasteiger partial charge in [-0.2, -0.15) is 0 Å². The lowest BCUT2D eigenvalue weighted by Gasteiger charge is -2.25. The molecule has 100 valence electrons. The Morgan fingerprint density at radius 3 is 2.89 bits per heavy atom. The van der Waals surface area contributed by atoms with Crippen LogP contribution in [0.5, 0.6) is 0 Å². The van der Waals surface area contributed by atoms with Crippen molar-refractivity contribution >= 4 is 11.9 Å². The molecule has 0 unspecified atom stereocenters. The predicted octanol–water partition coefficient (Wildman–Crippen LogP) is 1.96. The van der Waals surface area contributed by atoms with Crippen molar-refractivity contribution in [3.8, 4) is 0 Å². The van der Waals surface area contributed by atoms with Crippen molar-refractivity contribution in [1.29, 1.82) is 0 Å². The van der Waals surface area contributed by atoms with Crippen molar-refractivity contribution in [1.82, 2.24) is 14.5 Å². The van der Waals surface area contributed by atoms with Gasteiger partial charge in [0.15, 0.2) is 0 Å². The number of hydrogen-bond donors (Lipinski definition) is 1. The van der Waals surface area contributed by atoms with Gasteiger partial charge >= 0.3 is 0 Å². The molecule has 1 aromatic heterocycles. The van der Waals surface area contributed by atoms with Crippen LogP contribution in [0.2, 0.25) is 0 Å². The molecule has 5 heteroatoms. The second-order valence-electron chi connectivity index (χ2n) is 4.81. The lowest BCUT2D eigenvalue weighted by Crippen LogP contribution is -2.36. The van der Waals surface area contributed by atoms with Crippen molar-refractivity contribution < 1.29 is 4.79 Å². The quantitative estimate of drug-likeness (QED) is 0.888. The number of nitrogens with zero attached hydrogens (tertiary/aromatic N) is 3. The molecular weight excluding hydrogens is 228 g/mol. The molecule has 0 fully saturated rings. The highest BCUT2D eigenvalue weighted by molar-refractivity contribution is 5.92. The number of rotatable bonds is 4. The molecule has 1 aliphatic heterocycles. The zero-order chi connectivity index (χ0) is 13.1. The SMILES string of the molecule is CCC(CC)N(C)C(=O)c1cn2c(n1)NCCC2. The van der Waals surface area contributed by atoms with Crippen LogP contribution in [0.25, 0.3) is 0 Å². The van der Waals surface area contributed by atoms with E-state index in [1.54, 1.807) is 0 Å². The average Bonchev–Trinajstić information content (AvgIpc) is 2.82. The molecule has 2 heterocycles. The zero-order valence-electron chi connectivity index (χ0n) is 11.4. The maximum absolute atomic E-state index is 12.3. The fraction of sp³-hybridized carbons (Fsp3) is 0.692. The third-order valence-electron chi connectivity index (χ3n) is 3.67. The van der Waals surface area contributed by atoms with E-state index in [9.17, 15) is 4.79 Å². The number of aromatic nitrogens is 2. The summed E-state index contributed by atoms with van der Waals surface area (Å²) in [5.74, 6) is 0.843. The average molecular weight is 250 g/mol. The summed E-state index contributed by atoms with van der Waals surface area (Å²) in [7, 11) is 1.87. The van der Waals surface area contributed by atoms with E-state index < -0.39 is 0 Å². The van der Waals surface area contributed by atoms with Gasteiger partial charge in [0, 0.05) is 32.4 Å². The van der Waals surface area contributed by atoms with Crippen LogP contribution in [0.4, 0.5) is 5.95 Å². The van der Waals surface area contributed by atoms with Crippen LogP contribution in [-0.4, -0.2) is 40.0 Å². The fourth-order valence-corrected chi connectivity index (χ4v) is 2.46. The largest absolute Gasteiger partial charge is 0.356 e. The number of fused-ring (bicyclic) bond motifs is 1. The Morgan fingerprint density at radius 1 is 1.56 bits per heavy atom. The molecule has 1 N–H and O–H groups in total. The van der Waals surface area contributed by atoms with Crippen molar-refractivity contribution in [3.63, 3.8) is 0 Å². The highest BCUT2D eigenvalue weighted by atomic mass is 16.2. The number of carbonyl (C=O) groups is 1. The first-order chi connectivity index (χ1) is 8.67. The molecule has 0 saturated heterocycles. The van der Waals surface area contributed by atoms with E-state index in [1.807, 2.05) is 22.7 Å². The van der Waals surface area contributed by atoms with E-state index in [0.29, 0.717) is 11.7 Å². The monoisotopic (exact) mass is 250 g/mol. The second kappa shape index (κ2) is 5.42. The molecule has 18 heavy (non-hydrogen) atoms. The minimum absolute atomic E-state index is 0.0207. The minimum atomic E-state index is 0.0207. The molecule has 0 aromatic carbocycles. The van der Waals surface area contributed by atoms with Gasteiger partial charge in [0.1, 0.15) is 5.69 Å². The standard InChI is InChI=1S/C13H22N4O/c1-4-10(5-2)16(3)12(18)11-9-17-8-6-7-14-13(17)15-11/h9-10H,4-8H2,1-3H3,(H,14,15). The van der Waals surface area contributed by atoms with Crippen LogP contribution < -0.4 is 5.32 Å². The van der Waals surface area contributed by atoms with Crippen LogP contribution in [-0.2, 0) is 6.54 Å². The Bertz CT molecular complexity index is 399. The zero-order valence-corrected chi connectivity index (χ0v) is 11.4. The topological polar surface area (TPSA) is 50.2 Å². The smallest absolute Gasteiger partial charge is 0.274 e. The van der Waals surface area contributed by atoms with E-state index in [1.165, 1.54) is 0 Å². The van der Waals surface area contributed by atoms with Gasteiger partial charge in [0.25, 0.3) is 5.91 Å². The number of nitrogens with one attached hydrogen (secondary N) is 1. The van der Waals surface area contributed by atoms with Crippen molar-refractivity contribution in [2.75, 3.05) is 18.9 Å². The van der Waals surface area contributed by atoms with E-state index >= 15 is 0 Å². The van der Waals surface area contributed by atoms with Crippen molar-refractivity contribution in [2.45, 2.75) is 45.7 Å². The summed E-state index contributed by atoms with van der Waals surface area (Å²) in [4.78, 5) is 18.5. The summed E-state index contributed by atoms with van der Waals surface area (Å²) in [6.45, 7) is 6.10. The van der Waals surface area contributed by atoms with E-state index in [2.05, 4.69) is 24.1 Å². The molecule has 2 rings (SSSR count). The summed E-state index contributed by atoms with van der Waals surface area (Å²) in [5.41, 5.74) is 0.550. The number of anilines is 1. The molecule has 0 atom stereocenters. The molecule has 1 aromatic rings. The number of aryl methyl sites for hydroxylation is 1. The van der Waals surface area contributed by atoms with Gasteiger partial charge in [0.2, 0.25) is 5.95 Å². The predicted molar refractivity (Wildman–Crippen MR) is 71.8 cm³/mol. The highest BCUT2D eigenvalue weighted by Crippen LogP contribution is 2.17. The second-order valence-corrected chi connectivity index (χ2v) is 4.81. The molecule has 1 aliphatic rings. The molecule has 0 saturated carbocycles. The van der Waals surface area contributed by atoms with Gasteiger partial charge in [-0.15, -0.1) is 0 Å². The van der Waals surface area contributed by atoms with Gasteiger partial charge in [-0.1, -0.05) is 13.8 Å². The first-order valence-electron chi connectivity index (χ1n) is 6.75. The highest BCUT2D eigenvalue weighted by Gasteiger charge is 2.22. The third kappa shape index (κ3) is 2.35. The lowest BCUT2D eigenvalue weighted by atomic mass is 10.1. The summed E-state index contributed by atoms with van der Waals surface area (Å²) < 4.78 is 2.03. The van der Waals surface area contributed by atoms with Crippen LogP contribution >= 0.6 is 0 Å². The molecule has 0 spiro atoms. The molecular formula is C13H22N4O. The van der Waals surface area contributed by atoms with Crippen LogP contribution in [0, 0.1) is 0 Å². The normalized spacial score (nSPS) is 14.2. The van der Waals surface area contributed by atoms with Crippen LogP contribution in [0.15, 0.2) is 6.20 Å². The van der Waals surface area contributed by atoms with E-state index in [4.69, 9.17) is 0 Å². The van der Waals surface area contributed by atoms with E-state index in [-0.39, 0.29) is 5.91 Å². The van der Waals surface area contributed by atoms with Crippen LogP contribution in [0.1, 0.15) is 43.6 Å². The number of carbonyl (C=O) groups excluding carboxylic acids is 1. The van der Waals surface area contributed by atoms with Gasteiger partial charge in [-0.05, 0) is 19.3 Å². The lowest BCUT2D eigenvalue weighted by molar-refractivity contribution is 0.0718. The summed E-state index contributed by atoms with van der Waals surface area (Å²) >= 11 is 0. The number of amides is 1. The number of hydrogen-bond acceptors (Lipinski definition) is 3. The van der Waals surface area contributed by atoms with Gasteiger partial charge in [-0.25, -0.2) is 4.98 Å². The van der Waals surface area contributed by atoms with E-state index in [0.717, 1.165) is 38.3 Å². The molecule has 0 bridgehead atoms. The Labute approximate surface area is 108 Å². The Balaban J connectivity index is 2.15. The Hall–Kier alpha value is -1.52. The summed E-state index contributed by atoms with van der Waals surface area (Å²) in [6.07, 6.45) is 4.90. The molecule has 0 radical (unpaired) electrons. The first kappa shape index (κ1) is 12.9.